The van der Waals surface area contributed by atoms with E-state index in [4.69, 9.17) is 22.7 Å². The average molecular weight is 242 g/mol. The van der Waals surface area contributed by atoms with Gasteiger partial charge in [0.2, 0.25) is 0 Å². The number of hydrogen-bond acceptors (Lipinski definition) is 3. The Hall–Kier alpha value is -1.20. The van der Waals surface area contributed by atoms with Crippen molar-refractivity contribution in [1.29, 1.82) is 0 Å². The van der Waals surface area contributed by atoms with Gasteiger partial charge in [0.05, 0.1) is 11.8 Å². The minimum atomic E-state index is -0.367. The maximum absolute atomic E-state index is 13.5. The first kappa shape index (κ1) is 12.9. The van der Waals surface area contributed by atoms with Crippen molar-refractivity contribution in [2.45, 2.75) is 13.0 Å². The summed E-state index contributed by atoms with van der Waals surface area (Å²) in [5.74, 6) is -0.367. The molecule has 1 aromatic carbocycles. The molecular weight excluding hydrogens is 227 g/mol. The van der Waals surface area contributed by atoms with E-state index in [-0.39, 0.29) is 16.9 Å². The Morgan fingerprint density at radius 3 is 2.81 bits per heavy atom. The fourth-order valence-corrected chi connectivity index (χ4v) is 1.28. The van der Waals surface area contributed by atoms with Crippen LogP contribution in [0.4, 0.5) is 10.1 Å². The Morgan fingerprint density at radius 1 is 1.62 bits per heavy atom. The molecule has 5 heteroatoms. The lowest BCUT2D eigenvalue weighted by Gasteiger charge is -2.12. The van der Waals surface area contributed by atoms with Gasteiger partial charge >= 0.3 is 0 Å². The van der Waals surface area contributed by atoms with Gasteiger partial charge in [-0.3, -0.25) is 0 Å². The molecule has 0 aliphatic carbocycles. The first-order valence-electron chi connectivity index (χ1n) is 4.90. The summed E-state index contributed by atoms with van der Waals surface area (Å²) in [7, 11) is 1.61. The van der Waals surface area contributed by atoms with E-state index in [1.54, 1.807) is 19.2 Å². The number of nitrogens with one attached hydrogen (secondary N) is 1. The zero-order valence-corrected chi connectivity index (χ0v) is 10.1. The molecule has 3 nitrogen and oxygen atoms in total. The van der Waals surface area contributed by atoms with Crippen LogP contribution in [0.1, 0.15) is 12.5 Å². The molecule has 0 saturated heterocycles. The van der Waals surface area contributed by atoms with Crippen molar-refractivity contribution in [3.8, 4) is 0 Å². The van der Waals surface area contributed by atoms with Crippen molar-refractivity contribution in [3.05, 3.63) is 29.6 Å². The predicted octanol–water partition coefficient (Wildman–Crippen LogP) is 1.91. The van der Waals surface area contributed by atoms with E-state index in [1.807, 2.05) is 6.92 Å². The zero-order chi connectivity index (χ0) is 12.1. The van der Waals surface area contributed by atoms with E-state index in [9.17, 15) is 4.39 Å². The molecule has 3 N–H and O–H groups in total. The average Bonchev–Trinajstić information content (AvgIpc) is 2.26. The molecule has 1 atom stereocenters. The first-order valence-corrected chi connectivity index (χ1v) is 5.31. The van der Waals surface area contributed by atoms with Crippen LogP contribution in [0.3, 0.4) is 0 Å². The zero-order valence-electron chi connectivity index (χ0n) is 9.29. The third-order valence-electron chi connectivity index (χ3n) is 2.24. The number of benzene rings is 1. The molecule has 0 spiro atoms. The number of hydrogen-bond donors (Lipinski definition) is 2. The standard InChI is InChI=1S/C11H15FN2OS/c1-7(15-2)6-14-10-4-3-8(11(13)16)5-9(10)12/h3-5,7,14H,6H2,1-2H3,(H2,13,16). The Bertz CT molecular complexity index is 384. The lowest BCUT2D eigenvalue weighted by atomic mass is 10.2. The number of ether oxygens (including phenoxy) is 1. The number of halogens is 1. The molecule has 0 amide bonds. The van der Waals surface area contributed by atoms with Crippen LogP contribution >= 0.6 is 12.2 Å². The van der Waals surface area contributed by atoms with Crippen LogP contribution in [-0.2, 0) is 4.74 Å². The van der Waals surface area contributed by atoms with Crippen molar-refractivity contribution in [3.63, 3.8) is 0 Å². The van der Waals surface area contributed by atoms with Crippen LogP contribution in [0.15, 0.2) is 18.2 Å². The summed E-state index contributed by atoms with van der Waals surface area (Å²) >= 11 is 4.76. The lowest BCUT2D eigenvalue weighted by Crippen LogP contribution is -2.19. The van der Waals surface area contributed by atoms with Crippen molar-refractivity contribution < 1.29 is 9.13 Å². The third kappa shape index (κ3) is 3.43. The topological polar surface area (TPSA) is 47.3 Å². The summed E-state index contributed by atoms with van der Waals surface area (Å²) in [4.78, 5) is 0.190. The van der Waals surface area contributed by atoms with E-state index < -0.39 is 0 Å². The van der Waals surface area contributed by atoms with Crippen molar-refractivity contribution in [2.75, 3.05) is 19.0 Å². The van der Waals surface area contributed by atoms with Crippen molar-refractivity contribution in [1.82, 2.24) is 0 Å². The Kier molecular flexibility index (Phi) is 4.64. The SMILES string of the molecule is COC(C)CNc1ccc(C(N)=S)cc1F. The quantitative estimate of drug-likeness (QED) is 0.774. The number of thiocarbonyl (C=S) groups is 1. The second kappa shape index (κ2) is 5.77. The monoisotopic (exact) mass is 242 g/mol. The highest BCUT2D eigenvalue weighted by molar-refractivity contribution is 7.80. The van der Waals surface area contributed by atoms with Crippen LogP contribution in [-0.4, -0.2) is 24.7 Å². The molecule has 1 rings (SSSR count). The summed E-state index contributed by atoms with van der Waals surface area (Å²) in [6, 6.07) is 4.62. The second-order valence-corrected chi connectivity index (χ2v) is 3.93. The summed E-state index contributed by atoms with van der Waals surface area (Å²) in [5.41, 5.74) is 6.35. The number of methoxy groups -OCH3 is 1. The molecule has 0 bridgehead atoms. The van der Waals surface area contributed by atoms with Gasteiger partial charge in [-0.2, -0.15) is 0 Å². The molecule has 88 valence electrons. The largest absolute Gasteiger partial charge is 0.389 e. The molecule has 0 radical (unpaired) electrons. The minimum Gasteiger partial charge on any atom is -0.389 e. The molecule has 0 fully saturated rings. The lowest BCUT2D eigenvalue weighted by molar-refractivity contribution is 0.128. The van der Waals surface area contributed by atoms with E-state index >= 15 is 0 Å². The fourth-order valence-electron chi connectivity index (χ4n) is 1.15. The third-order valence-corrected chi connectivity index (χ3v) is 2.47. The van der Waals surface area contributed by atoms with Crippen LogP contribution < -0.4 is 11.1 Å². The van der Waals surface area contributed by atoms with Crippen LogP contribution in [0.5, 0.6) is 0 Å². The number of rotatable bonds is 5. The van der Waals surface area contributed by atoms with E-state index in [1.165, 1.54) is 6.07 Å². The predicted molar refractivity (Wildman–Crippen MR) is 67.2 cm³/mol. The molecular formula is C11H15FN2OS. The smallest absolute Gasteiger partial charge is 0.146 e. The van der Waals surface area contributed by atoms with Gasteiger partial charge in [-0.1, -0.05) is 12.2 Å². The van der Waals surface area contributed by atoms with Gasteiger partial charge in [0.1, 0.15) is 10.8 Å². The highest BCUT2D eigenvalue weighted by atomic mass is 32.1. The van der Waals surface area contributed by atoms with Gasteiger partial charge in [-0.15, -0.1) is 0 Å². The summed E-state index contributed by atoms with van der Waals surface area (Å²) < 4.78 is 18.6. The molecule has 16 heavy (non-hydrogen) atoms. The molecule has 0 aliphatic rings. The fraction of sp³-hybridized carbons (Fsp3) is 0.364. The Balaban J connectivity index is 2.72. The Labute approximate surface area is 99.8 Å². The number of anilines is 1. The maximum atomic E-state index is 13.5. The van der Waals surface area contributed by atoms with Gasteiger partial charge in [0.25, 0.3) is 0 Å². The Morgan fingerprint density at radius 2 is 2.31 bits per heavy atom. The molecule has 1 aromatic rings. The van der Waals surface area contributed by atoms with Crippen LogP contribution in [0.25, 0.3) is 0 Å². The molecule has 0 saturated carbocycles. The summed E-state index contributed by atoms with van der Waals surface area (Å²) in [5, 5.41) is 2.95. The summed E-state index contributed by atoms with van der Waals surface area (Å²) in [6.45, 7) is 2.44. The second-order valence-electron chi connectivity index (χ2n) is 3.49. The molecule has 0 aliphatic heterocycles. The van der Waals surface area contributed by atoms with Gasteiger partial charge in [0.15, 0.2) is 0 Å². The van der Waals surface area contributed by atoms with E-state index in [2.05, 4.69) is 5.32 Å². The first-order chi connectivity index (χ1) is 7.54. The van der Waals surface area contributed by atoms with E-state index in [0.717, 1.165) is 0 Å². The van der Waals surface area contributed by atoms with Crippen molar-refractivity contribution in [2.24, 2.45) is 5.73 Å². The maximum Gasteiger partial charge on any atom is 0.146 e. The number of nitrogens with two attached hydrogens (primary N) is 1. The van der Waals surface area contributed by atoms with Crippen LogP contribution in [0, 0.1) is 5.82 Å². The van der Waals surface area contributed by atoms with Gasteiger partial charge < -0.3 is 15.8 Å². The normalized spacial score (nSPS) is 12.2. The summed E-state index contributed by atoms with van der Waals surface area (Å²) in [6.07, 6.45) is 0.0228. The minimum absolute atomic E-state index is 0.0228. The molecule has 1 unspecified atom stereocenters. The van der Waals surface area contributed by atoms with E-state index in [0.29, 0.717) is 17.8 Å². The molecule has 0 heterocycles. The van der Waals surface area contributed by atoms with Crippen LogP contribution in [0.2, 0.25) is 0 Å². The highest BCUT2D eigenvalue weighted by Crippen LogP contribution is 2.15. The van der Waals surface area contributed by atoms with Gasteiger partial charge in [0, 0.05) is 19.2 Å². The molecule has 0 aromatic heterocycles. The highest BCUT2D eigenvalue weighted by Gasteiger charge is 2.06. The van der Waals surface area contributed by atoms with Gasteiger partial charge in [-0.05, 0) is 25.1 Å². The van der Waals surface area contributed by atoms with Gasteiger partial charge in [-0.25, -0.2) is 4.39 Å². The van der Waals surface area contributed by atoms with Crippen molar-refractivity contribution >= 4 is 22.9 Å².